The van der Waals surface area contributed by atoms with Crippen LogP contribution in [-0.2, 0) is 4.79 Å². The average Bonchev–Trinajstić information content (AvgIpc) is 2.98. The standard InChI is InChI=1S/C19H16ClN3O/c1-12-5-2-3-8-17(12)23-19-16(11-21-23)15(10-18(24)22-19)13-6-4-7-14(20)9-13/h2-9,11,15H,10H2,1H3,(H,22,24). The van der Waals surface area contributed by atoms with E-state index in [9.17, 15) is 4.79 Å². The van der Waals surface area contributed by atoms with Crippen LogP contribution in [0.3, 0.4) is 0 Å². The van der Waals surface area contributed by atoms with E-state index >= 15 is 0 Å². The highest BCUT2D eigenvalue weighted by Crippen LogP contribution is 2.38. The van der Waals surface area contributed by atoms with E-state index in [4.69, 9.17) is 11.6 Å². The van der Waals surface area contributed by atoms with E-state index in [0.29, 0.717) is 11.4 Å². The van der Waals surface area contributed by atoms with Crippen LogP contribution < -0.4 is 5.32 Å². The molecule has 3 aromatic rings. The Bertz CT molecular complexity index is 932. The monoisotopic (exact) mass is 337 g/mol. The van der Waals surface area contributed by atoms with E-state index in [0.717, 1.165) is 28.2 Å². The van der Waals surface area contributed by atoms with Crippen molar-refractivity contribution in [3.05, 3.63) is 76.4 Å². The Morgan fingerprint density at radius 1 is 1.21 bits per heavy atom. The maximum absolute atomic E-state index is 12.3. The zero-order valence-corrected chi connectivity index (χ0v) is 13.9. The SMILES string of the molecule is Cc1ccccc1-n1ncc2c1NC(=O)CC2c1cccc(Cl)c1. The highest BCUT2D eigenvalue weighted by molar-refractivity contribution is 6.30. The van der Waals surface area contributed by atoms with Gasteiger partial charge in [-0.1, -0.05) is 41.9 Å². The molecular formula is C19H16ClN3O. The van der Waals surface area contributed by atoms with E-state index in [1.54, 1.807) is 4.68 Å². The highest BCUT2D eigenvalue weighted by atomic mass is 35.5. The van der Waals surface area contributed by atoms with Gasteiger partial charge in [0.05, 0.1) is 11.9 Å². The molecule has 1 amide bonds. The topological polar surface area (TPSA) is 46.9 Å². The minimum absolute atomic E-state index is 0.0113. The number of rotatable bonds is 2. The lowest BCUT2D eigenvalue weighted by Gasteiger charge is -2.24. The number of carbonyl (C=O) groups excluding carboxylic acids is 1. The third kappa shape index (κ3) is 2.49. The van der Waals surface area contributed by atoms with Crippen molar-refractivity contribution in [3.8, 4) is 5.69 Å². The van der Waals surface area contributed by atoms with Crippen LogP contribution in [0.25, 0.3) is 5.69 Å². The number of anilines is 1. The van der Waals surface area contributed by atoms with Crippen molar-refractivity contribution in [3.63, 3.8) is 0 Å². The number of nitrogens with zero attached hydrogens (tertiary/aromatic N) is 2. The van der Waals surface area contributed by atoms with Gasteiger partial charge in [0, 0.05) is 22.9 Å². The van der Waals surface area contributed by atoms with Crippen LogP contribution in [0.15, 0.2) is 54.7 Å². The molecule has 1 aliphatic rings. The van der Waals surface area contributed by atoms with Crippen LogP contribution in [0.5, 0.6) is 0 Å². The summed E-state index contributed by atoms with van der Waals surface area (Å²) in [6.45, 7) is 2.03. The van der Waals surface area contributed by atoms with Gasteiger partial charge in [-0.15, -0.1) is 0 Å². The molecule has 120 valence electrons. The number of aromatic nitrogens is 2. The molecule has 1 aliphatic heterocycles. The third-order valence-electron chi connectivity index (χ3n) is 4.41. The van der Waals surface area contributed by atoms with Crippen LogP contribution in [0.4, 0.5) is 5.82 Å². The number of para-hydroxylation sites is 1. The van der Waals surface area contributed by atoms with E-state index < -0.39 is 0 Å². The molecule has 0 bridgehead atoms. The minimum atomic E-state index is -0.0368. The predicted octanol–water partition coefficient (Wildman–Crippen LogP) is 4.31. The van der Waals surface area contributed by atoms with Crippen LogP contribution in [0.2, 0.25) is 5.02 Å². The van der Waals surface area contributed by atoms with Gasteiger partial charge in [0.15, 0.2) is 0 Å². The fraction of sp³-hybridized carbons (Fsp3) is 0.158. The number of halogens is 1. The molecular weight excluding hydrogens is 322 g/mol. The molecule has 4 rings (SSSR count). The number of nitrogens with one attached hydrogen (secondary N) is 1. The number of hydrogen-bond donors (Lipinski definition) is 1. The van der Waals surface area contributed by atoms with Gasteiger partial charge >= 0.3 is 0 Å². The summed E-state index contributed by atoms with van der Waals surface area (Å²) in [6.07, 6.45) is 2.24. The lowest BCUT2D eigenvalue weighted by atomic mass is 9.87. The molecule has 5 heteroatoms. The Morgan fingerprint density at radius 2 is 2.04 bits per heavy atom. The minimum Gasteiger partial charge on any atom is -0.310 e. The molecule has 24 heavy (non-hydrogen) atoms. The van der Waals surface area contributed by atoms with Gasteiger partial charge in [-0.2, -0.15) is 5.10 Å². The maximum atomic E-state index is 12.3. The second-order valence-corrected chi connectivity index (χ2v) is 6.44. The van der Waals surface area contributed by atoms with E-state index in [1.165, 1.54) is 0 Å². The van der Waals surface area contributed by atoms with Gasteiger partial charge in [0.1, 0.15) is 5.82 Å². The van der Waals surface area contributed by atoms with Crippen molar-refractivity contribution in [1.82, 2.24) is 9.78 Å². The predicted molar refractivity (Wildman–Crippen MR) is 94.8 cm³/mol. The molecule has 0 fully saturated rings. The summed E-state index contributed by atoms with van der Waals surface area (Å²) in [5.74, 6) is 0.693. The van der Waals surface area contributed by atoms with Crippen LogP contribution in [0, 0.1) is 6.92 Å². The Labute approximate surface area is 145 Å². The summed E-state index contributed by atoms with van der Waals surface area (Å²) in [4.78, 5) is 12.3. The number of aryl methyl sites for hydroxylation is 1. The van der Waals surface area contributed by atoms with Crippen molar-refractivity contribution < 1.29 is 4.79 Å². The van der Waals surface area contributed by atoms with Gasteiger partial charge < -0.3 is 5.32 Å². The normalized spacial score (nSPS) is 16.6. The van der Waals surface area contributed by atoms with Gasteiger partial charge in [0.2, 0.25) is 5.91 Å². The molecule has 2 aromatic carbocycles. The van der Waals surface area contributed by atoms with Crippen molar-refractivity contribution in [2.75, 3.05) is 5.32 Å². The van der Waals surface area contributed by atoms with Crippen LogP contribution >= 0.6 is 11.6 Å². The van der Waals surface area contributed by atoms with Crippen LogP contribution in [0.1, 0.15) is 29.0 Å². The molecule has 0 saturated carbocycles. The second-order valence-electron chi connectivity index (χ2n) is 6.01. The summed E-state index contributed by atoms with van der Waals surface area (Å²) in [7, 11) is 0. The molecule has 1 atom stereocenters. The summed E-state index contributed by atoms with van der Waals surface area (Å²) in [6, 6.07) is 15.7. The average molecular weight is 338 g/mol. The van der Waals surface area contributed by atoms with E-state index in [-0.39, 0.29) is 11.8 Å². The van der Waals surface area contributed by atoms with Gasteiger partial charge in [-0.3, -0.25) is 4.79 Å². The fourth-order valence-electron chi connectivity index (χ4n) is 3.22. The number of benzene rings is 2. The van der Waals surface area contributed by atoms with Crippen molar-refractivity contribution in [2.24, 2.45) is 0 Å². The molecule has 1 N–H and O–H groups in total. The first-order chi connectivity index (χ1) is 11.6. The number of fused-ring (bicyclic) bond motifs is 1. The Kier molecular flexibility index (Phi) is 3.62. The smallest absolute Gasteiger partial charge is 0.226 e. The number of amides is 1. The first-order valence-corrected chi connectivity index (χ1v) is 8.20. The molecule has 1 aromatic heterocycles. The largest absolute Gasteiger partial charge is 0.310 e. The lowest BCUT2D eigenvalue weighted by molar-refractivity contribution is -0.116. The number of carbonyl (C=O) groups is 1. The molecule has 0 radical (unpaired) electrons. The zero-order chi connectivity index (χ0) is 16.7. The number of hydrogen-bond acceptors (Lipinski definition) is 2. The molecule has 4 nitrogen and oxygen atoms in total. The summed E-state index contributed by atoms with van der Waals surface area (Å²) < 4.78 is 1.80. The van der Waals surface area contributed by atoms with Gasteiger partial charge in [-0.25, -0.2) is 4.68 Å². The first-order valence-electron chi connectivity index (χ1n) is 7.83. The van der Waals surface area contributed by atoms with Gasteiger partial charge in [-0.05, 0) is 36.2 Å². The molecule has 0 spiro atoms. The van der Waals surface area contributed by atoms with E-state index in [2.05, 4.69) is 10.4 Å². The maximum Gasteiger partial charge on any atom is 0.226 e. The molecule has 0 saturated heterocycles. The Balaban J connectivity index is 1.85. The van der Waals surface area contributed by atoms with Gasteiger partial charge in [0.25, 0.3) is 0 Å². The summed E-state index contributed by atoms with van der Waals surface area (Å²) in [5, 5.41) is 8.18. The molecule has 0 aliphatic carbocycles. The zero-order valence-electron chi connectivity index (χ0n) is 13.2. The first kappa shape index (κ1) is 15.0. The quantitative estimate of drug-likeness (QED) is 0.757. The summed E-state index contributed by atoms with van der Waals surface area (Å²) in [5.41, 5.74) is 4.11. The molecule has 1 unspecified atom stereocenters. The van der Waals surface area contributed by atoms with Crippen molar-refractivity contribution >= 4 is 23.3 Å². The fourth-order valence-corrected chi connectivity index (χ4v) is 3.42. The lowest BCUT2D eigenvalue weighted by Crippen LogP contribution is -2.24. The van der Waals surface area contributed by atoms with Crippen molar-refractivity contribution in [2.45, 2.75) is 19.3 Å². The second kappa shape index (κ2) is 5.80. The third-order valence-corrected chi connectivity index (χ3v) is 4.65. The Hall–Kier alpha value is -2.59. The Morgan fingerprint density at radius 3 is 2.83 bits per heavy atom. The van der Waals surface area contributed by atoms with Crippen molar-refractivity contribution in [1.29, 1.82) is 0 Å². The highest BCUT2D eigenvalue weighted by Gasteiger charge is 2.30. The van der Waals surface area contributed by atoms with Crippen LogP contribution in [-0.4, -0.2) is 15.7 Å². The van der Waals surface area contributed by atoms with E-state index in [1.807, 2.05) is 61.7 Å². The summed E-state index contributed by atoms with van der Waals surface area (Å²) >= 11 is 6.13. The molecule has 2 heterocycles.